The van der Waals surface area contributed by atoms with Crippen molar-refractivity contribution in [3.8, 4) is 0 Å². The average Bonchev–Trinajstić information content (AvgIpc) is 3.15. The van der Waals surface area contributed by atoms with Crippen LogP contribution in [0.4, 0.5) is 0 Å². The summed E-state index contributed by atoms with van der Waals surface area (Å²) in [6, 6.07) is 5.98. The number of carbonyl (C=O) groups is 2. The molecule has 0 unspecified atom stereocenters. The lowest BCUT2D eigenvalue weighted by Gasteiger charge is -2.11. The van der Waals surface area contributed by atoms with Gasteiger partial charge in [-0.25, -0.2) is 14.6 Å². The molecule has 0 amide bonds. The van der Waals surface area contributed by atoms with Crippen LogP contribution in [0.1, 0.15) is 25.9 Å². The Morgan fingerprint density at radius 3 is 2.65 bits per heavy atom. The fourth-order valence-corrected chi connectivity index (χ4v) is 3.14. The SMILES string of the molecule is COC(=O)c1c(COC(=O)c2cccs2)nc2cc(Cl)c(Cl)cc2[n+]1[O-]. The number of aromatic nitrogens is 2. The number of hydrogen-bond donors (Lipinski definition) is 0. The summed E-state index contributed by atoms with van der Waals surface area (Å²) in [7, 11) is 1.13. The summed E-state index contributed by atoms with van der Waals surface area (Å²) in [5.41, 5.74) is -0.211. The molecule has 2 heterocycles. The molecule has 0 aliphatic carbocycles. The molecule has 0 saturated carbocycles. The molecule has 2 aromatic heterocycles. The molecule has 3 aromatic rings. The van der Waals surface area contributed by atoms with Crippen molar-refractivity contribution in [3.05, 3.63) is 61.2 Å². The van der Waals surface area contributed by atoms with Gasteiger partial charge in [-0.15, -0.1) is 11.3 Å². The van der Waals surface area contributed by atoms with E-state index in [1.807, 2.05) is 0 Å². The van der Waals surface area contributed by atoms with Gasteiger partial charge >= 0.3 is 17.6 Å². The fourth-order valence-electron chi connectivity index (χ4n) is 2.21. The van der Waals surface area contributed by atoms with Gasteiger partial charge in [0.2, 0.25) is 5.52 Å². The van der Waals surface area contributed by atoms with Crippen LogP contribution < -0.4 is 4.73 Å². The predicted octanol–water partition coefficient (Wildman–Crippen LogP) is 3.38. The number of fused-ring (bicyclic) bond motifs is 1. The van der Waals surface area contributed by atoms with Crippen molar-refractivity contribution in [2.24, 2.45) is 0 Å². The lowest BCUT2D eigenvalue weighted by atomic mass is 10.2. The first-order chi connectivity index (χ1) is 12.4. The Bertz CT molecular complexity index is 1010. The number of esters is 2. The molecule has 0 N–H and O–H groups in total. The number of hydrogen-bond acceptors (Lipinski definition) is 7. The molecule has 0 bridgehead atoms. The van der Waals surface area contributed by atoms with Crippen molar-refractivity contribution in [2.45, 2.75) is 6.61 Å². The van der Waals surface area contributed by atoms with Crippen LogP contribution in [-0.2, 0) is 16.1 Å². The Hall–Kier alpha value is -2.42. The van der Waals surface area contributed by atoms with Gasteiger partial charge in [0.15, 0.2) is 5.69 Å². The molecule has 0 atom stereocenters. The molecule has 134 valence electrons. The van der Waals surface area contributed by atoms with Gasteiger partial charge in [-0.2, -0.15) is 4.73 Å². The summed E-state index contributed by atoms with van der Waals surface area (Å²) in [6.07, 6.45) is 0. The van der Waals surface area contributed by atoms with E-state index in [4.69, 9.17) is 27.9 Å². The summed E-state index contributed by atoms with van der Waals surface area (Å²) in [4.78, 5) is 28.6. The number of carbonyl (C=O) groups excluding carboxylic acids is 2. The van der Waals surface area contributed by atoms with E-state index in [2.05, 4.69) is 9.72 Å². The van der Waals surface area contributed by atoms with E-state index in [1.54, 1.807) is 17.5 Å². The second kappa shape index (κ2) is 7.45. The summed E-state index contributed by atoms with van der Waals surface area (Å²) < 4.78 is 10.1. The molecule has 0 fully saturated rings. The lowest BCUT2D eigenvalue weighted by Crippen LogP contribution is -2.38. The number of methoxy groups -OCH3 is 1. The van der Waals surface area contributed by atoms with Crippen molar-refractivity contribution >= 4 is 57.5 Å². The Labute approximate surface area is 161 Å². The second-order valence-corrected chi connectivity index (χ2v) is 6.76. The number of rotatable bonds is 4. The van der Waals surface area contributed by atoms with Crippen molar-refractivity contribution in [1.29, 1.82) is 0 Å². The molecule has 26 heavy (non-hydrogen) atoms. The van der Waals surface area contributed by atoms with Crippen LogP contribution in [0.25, 0.3) is 11.0 Å². The zero-order chi connectivity index (χ0) is 18.8. The van der Waals surface area contributed by atoms with Crippen molar-refractivity contribution in [2.75, 3.05) is 7.11 Å². The zero-order valence-electron chi connectivity index (χ0n) is 13.2. The standard InChI is InChI=1S/C16H10Cl2N2O5S/c1-24-16(22)14-11(7-25-15(21)13-3-2-4-26-13)19-10-5-8(17)9(18)6-12(10)20(14)23/h2-6H,7H2,1H3. The Balaban J connectivity index is 2.05. The first-order valence-corrected chi connectivity index (χ1v) is 8.76. The maximum atomic E-state index is 12.6. The number of benzene rings is 1. The summed E-state index contributed by atoms with van der Waals surface area (Å²) in [5, 5.41) is 14.7. The van der Waals surface area contributed by atoms with Crippen LogP contribution in [0.3, 0.4) is 0 Å². The number of thiophene rings is 1. The van der Waals surface area contributed by atoms with E-state index in [1.165, 1.54) is 23.5 Å². The molecule has 0 saturated heterocycles. The molecule has 0 aliphatic rings. The summed E-state index contributed by atoms with van der Waals surface area (Å²) in [5.74, 6) is -1.51. The van der Waals surface area contributed by atoms with Crippen LogP contribution >= 0.6 is 34.5 Å². The summed E-state index contributed by atoms with van der Waals surface area (Å²) in [6.45, 7) is -0.389. The van der Waals surface area contributed by atoms with E-state index in [0.29, 0.717) is 9.61 Å². The predicted molar refractivity (Wildman–Crippen MR) is 95.5 cm³/mol. The van der Waals surface area contributed by atoms with E-state index in [-0.39, 0.29) is 33.4 Å². The van der Waals surface area contributed by atoms with Crippen LogP contribution in [0.15, 0.2) is 29.6 Å². The van der Waals surface area contributed by atoms with Gasteiger partial charge in [-0.1, -0.05) is 29.3 Å². The number of halogens is 2. The maximum absolute atomic E-state index is 12.6. The third-order valence-corrected chi connectivity index (χ3v) is 4.98. The number of ether oxygens (including phenoxy) is 2. The molecular weight excluding hydrogens is 403 g/mol. The van der Waals surface area contributed by atoms with Crippen LogP contribution in [0.2, 0.25) is 10.0 Å². The Morgan fingerprint density at radius 2 is 2.00 bits per heavy atom. The summed E-state index contributed by atoms with van der Waals surface area (Å²) >= 11 is 13.1. The quantitative estimate of drug-likeness (QED) is 0.370. The van der Waals surface area contributed by atoms with Gasteiger partial charge in [-0.05, 0) is 17.5 Å². The van der Waals surface area contributed by atoms with Gasteiger partial charge in [-0.3, -0.25) is 0 Å². The fraction of sp³-hybridized carbons (Fsp3) is 0.125. The Morgan fingerprint density at radius 1 is 1.27 bits per heavy atom. The lowest BCUT2D eigenvalue weighted by molar-refractivity contribution is -0.581. The highest BCUT2D eigenvalue weighted by Gasteiger charge is 2.28. The molecule has 7 nitrogen and oxygen atoms in total. The number of nitrogens with zero attached hydrogens (tertiary/aromatic N) is 2. The molecule has 3 rings (SSSR count). The Kier molecular flexibility index (Phi) is 5.26. The van der Waals surface area contributed by atoms with Crippen molar-refractivity contribution in [3.63, 3.8) is 0 Å². The normalized spacial score (nSPS) is 10.7. The van der Waals surface area contributed by atoms with E-state index >= 15 is 0 Å². The third-order valence-electron chi connectivity index (χ3n) is 3.41. The molecule has 0 spiro atoms. The molecule has 10 heteroatoms. The van der Waals surface area contributed by atoms with Crippen LogP contribution in [-0.4, -0.2) is 24.0 Å². The molecule has 1 aromatic carbocycles. The van der Waals surface area contributed by atoms with Gasteiger partial charge in [0.25, 0.3) is 0 Å². The molecular formula is C16H10Cl2N2O5S. The smallest absolute Gasteiger partial charge is 0.406 e. The van der Waals surface area contributed by atoms with Gasteiger partial charge in [0.1, 0.15) is 17.0 Å². The van der Waals surface area contributed by atoms with Gasteiger partial charge < -0.3 is 14.7 Å². The van der Waals surface area contributed by atoms with E-state index in [9.17, 15) is 14.8 Å². The first-order valence-electron chi connectivity index (χ1n) is 7.12. The first kappa shape index (κ1) is 18.4. The average molecular weight is 413 g/mol. The zero-order valence-corrected chi connectivity index (χ0v) is 15.5. The van der Waals surface area contributed by atoms with Crippen molar-refractivity contribution in [1.82, 2.24) is 4.98 Å². The van der Waals surface area contributed by atoms with E-state index in [0.717, 1.165) is 7.11 Å². The highest BCUT2D eigenvalue weighted by atomic mass is 35.5. The largest absolute Gasteiger partial charge is 0.618 e. The van der Waals surface area contributed by atoms with Crippen LogP contribution in [0, 0.1) is 5.21 Å². The maximum Gasteiger partial charge on any atom is 0.406 e. The molecule has 0 aliphatic heterocycles. The topological polar surface area (TPSA) is 92.4 Å². The monoisotopic (exact) mass is 412 g/mol. The van der Waals surface area contributed by atoms with Gasteiger partial charge in [0.05, 0.1) is 17.2 Å². The van der Waals surface area contributed by atoms with Crippen LogP contribution in [0.5, 0.6) is 0 Å². The van der Waals surface area contributed by atoms with Gasteiger partial charge in [0, 0.05) is 6.07 Å². The highest BCUT2D eigenvalue weighted by Crippen LogP contribution is 2.26. The highest BCUT2D eigenvalue weighted by molar-refractivity contribution is 7.11. The minimum absolute atomic E-state index is 0.0353. The third kappa shape index (κ3) is 3.44. The van der Waals surface area contributed by atoms with Crippen molar-refractivity contribution < 1.29 is 23.8 Å². The minimum Gasteiger partial charge on any atom is -0.618 e. The van der Waals surface area contributed by atoms with E-state index < -0.39 is 17.6 Å². The minimum atomic E-state index is -0.914. The molecule has 0 radical (unpaired) electrons. The second-order valence-electron chi connectivity index (χ2n) is 5.00.